The Morgan fingerprint density at radius 1 is 1.38 bits per heavy atom. The number of hydrazine groups is 1. The molecule has 0 aromatic carbocycles. The number of aromatic nitrogens is 2. The van der Waals surface area contributed by atoms with Crippen LogP contribution in [0.25, 0.3) is 0 Å². The number of hydrogen-bond acceptors (Lipinski definition) is 6. The minimum Gasteiger partial charge on any atom is -0.374 e. The number of ether oxygens (including phenoxy) is 1. The van der Waals surface area contributed by atoms with Gasteiger partial charge in [0.1, 0.15) is 18.2 Å². The van der Waals surface area contributed by atoms with E-state index < -0.39 is 0 Å². The number of nitrogens with zero attached hydrogens (tertiary/aromatic N) is 3. The SMILES string of the molecule is CCOCc1nc(NN)cc(N2CC(C)CC(C)C2C)n1. The fourth-order valence-corrected chi connectivity index (χ4v) is 2.98. The van der Waals surface area contributed by atoms with Gasteiger partial charge in [0, 0.05) is 25.3 Å². The third-order valence-electron chi connectivity index (χ3n) is 4.23. The molecule has 2 heterocycles. The number of nitrogen functional groups attached to an aromatic ring is 1. The summed E-state index contributed by atoms with van der Waals surface area (Å²) in [6, 6.07) is 2.37. The number of hydrogen-bond donors (Lipinski definition) is 2. The monoisotopic (exact) mass is 293 g/mol. The molecular formula is C15H27N5O. The molecule has 0 bridgehead atoms. The summed E-state index contributed by atoms with van der Waals surface area (Å²) in [5, 5.41) is 0. The highest BCUT2D eigenvalue weighted by atomic mass is 16.5. The highest BCUT2D eigenvalue weighted by molar-refractivity contribution is 5.50. The predicted molar refractivity (Wildman–Crippen MR) is 84.9 cm³/mol. The minimum absolute atomic E-state index is 0.409. The quantitative estimate of drug-likeness (QED) is 0.640. The lowest BCUT2D eigenvalue weighted by atomic mass is 9.86. The van der Waals surface area contributed by atoms with Crippen LogP contribution in [0.3, 0.4) is 0 Å². The van der Waals surface area contributed by atoms with Crippen molar-refractivity contribution in [2.45, 2.75) is 46.8 Å². The molecule has 0 amide bonds. The van der Waals surface area contributed by atoms with Crippen LogP contribution in [-0.4, -0.2) is 29.2 Å². The van der Waals surface area contributed by atoms with Gasteiger partial charge in [0.15, 0.2) is 5.82 Å². The van der Waals surface area contributed by atoms with Crippen LogP contribution < -0.4 is 16.2 Å². The van der Waals surface area contributed by atoms with Crippen LogP contribution in [0.4, 0.5) is 11.6 Å². The van der Waals surface area contributed by atoms with Gasteiger partial charge in [-0.25, -0.2) is 15.8 Å². The largest absolute Gasteiger partial charge is 0.374 e. The van der Waals surface area contributed by atoms with Crippen LogP contribution >= 0.6 is 0 Å². The van der Waals surface area contributed by atoms with Crippen molar-refractivity contribution in [2.24, 2.45) is 17.7 Å². The molecule has 21 heavy (non-hydrogen) atoms. The first kappa shape index (κ1) is 16.0. The fourth-order valence-electron chi connectivity index (χ4n) is 2.98. The Morgan fingerprint density at radius 3 is 2.81 bits per heavy atom. The van der Waals surface area contributed by atoms with Crippen LogP contribution in [0.15, 0.2) is 6.07 Å². The van der Waals surface area contributed by atoms with E-state index in [1.807, 2.05) is 13.0 Å². The summed E-state index contributed by atoms with van der Waals surface area (Å²) in [5.41, 5.74) is 2.63. The maximum absolute atomic E-state index is 5.54. The first-order valence-corrected chi connectivity index (χ1v) is 7.74. The molecule has 6 nitrogen and oxygen atoms in total. The molecule has 0 aliphatic carbocycles. The summed E-state index contributed by atoms with van der Waals surface area (Å²) in [6.45, 7) is 10.9. The van der Waals surface area contributed by atoms with Gasteiger partial charge in [0.05, 0.1) is 0 Å². The Labute approximate surface area is 127 Å². The van der Waals surface area contributed by atoms with Gasteiger partial charge in [0.2, 0.25) is 0 Å². The Balaban J connectivity index is 2.28. The molecule has 0 radical (unpaired) electrons. The zero-order valence-corrected chi connectivity index (χ0v) is 13.5. The summed E-state index contributed by atoms with van der Waals surface area (Å²) in [6.07, 6.45) is 1.26. The van der Waals surface area contributed by atoms with Gasteiger partial charge >= 0.3 is 0 Å². The minimum atomic E-state index is 0.409. The lowest BCUT2D eigenvalue weighted by Gasteiger charge is -2.42. The van der Waals surface area contributed by atoms with E-state index >= 15 is 0 Å². The number of rotatable bonds is 5. The van der Waals surface area contributed by atoms with E-state index in [1.54, 1.807) is 0 Å². The van der Waals surface area contributed by atoms with E-state index in [2.05, 4.69) is 41.1 Å². The molecule has 0 spiro atoms. The third-order valence-corrected chi connectivity index (χ3v) is 4.23. The van der Waals surface area contributed by atoms with Crippen molar-refractivity contribution in [2.75, 3.05) is 23.5 Å². The van der Waals surface area contributed by atoms with Gasteiger partial charge in [0.25, 0.3) is 0 Å². The summed E-state index contributed by atoms with van der Waals surface area (Å²) in [7, 11) is 0. The van der Waals surface area contributed by atoms with E-state index in [0.29, 0.717) is 42.7 Å². The molecule has 1 aliphatic heterocycles. The fraction of sp³-hybridized carbons (Fsp3) is 0.733. The van der Waals surface area contributed by atoms with Gasteiger partial charge in [-0.15, -0.1) is 0 Å². The summed E-state index contributed by atoms with van der Waals surface area (Å²) in [5.74, 6) is 9.07. The first-order chi connectivity index (χ1) is 10.0. The van der Waals surface area contributed by atoms with Crippen LogP contribution in [0.2, 0.25) is 0 Å². The van der Waals surface area contributed by atoms with Gasteiger partial charge in [-0.2, -0.15) is 0 Å². The smallest absolute Gasteiger partial charge is 0.158 e. The van der Waals surface area contributed by atoms with Crippen molar-refractivity contribution in [3.8, 4) is 0 Å². The lowest BCUT2D eigenvalue weighted by molar-refractivity contribution is 0.128. The van der Waals surface area contributed by atoms with E-state index in [0.717, 1.165) is 12.4 Å². The van der Waals surface area contributed by atoms with E-state index in [4.69, 9.17) is 10.6 Å². The zero-order chi connectivity index (χ0) is 15.4. The highest BCUT2D eigenvalue weighted by Crippen LogP contribution is 2.31. The van der Waals surface area contributed by atoms with Gasteiger partial charge in [-0.05, 0) is 32.1 Å². The van der Waals surface area contributed by atoms with Crippen LogP contribution in [0, 0.1) is 11.8 Å². The maximum atomic E-state index is 5.54. The highest BCUT2D eigenvalue weighted by Gasteiger charge is 2.30. The number of piperidine rings is 1. The number of nitrogens with one attached hydrogen (secondary N) is 1. The van der Waals surface area contributed by atoms with Crippen LogP contribution in [0.1, 0.15) is 39.9 Å². The molecule has 0 saturated carbocycles. The van der Waals surface area contributed by atoms with Crippen LogP contribution in [0.5, 0.6) is 0 Å². The van der Waals surface area contributed by atoms with Crippen molar-refractivity contribution >= 4 is 11.6 Å². The van der Waals surface area contributed by atoms with E-state index in [1.165, 1.54) is 6.42 Å². The Morgan fingerprint density at radius 2 is 2.14 bits per heavy atom. The van der Waals surface area contributed by atoms with Crippen molar-refractivity contribution in [1.82, 2.24) is 9.97 Å². The average molecular weight is 293 g/mol. The number of anilines is 2. The molecule has 1 aromatic heterocycles. The topological polar surface area (TPSA) is 76.3 Å². The molecule has 1 fully saturated rings. The van der Waals surface area contributed by atoms with Crippen molar-refractivity contribution < 1.29 is 4.74 Å². The first-order valence-electron chi connectivity index (χ1n) is 7.74. The van der Waals surface area contributed by atoms with Gasteiger partial charge in [-0.1, -0.05) is 13.8 Å². The van der Waals surface area contributed by atoms with Gasteiger partial charge in [-0.3, -0.25) is 0 Å². The molecule has 1 aliphatic rings. The summed E-state index contributed by atoms with van der Waals surface area (Å²) < 4.78 is 5.42. The van der Waals surface area contributed by atoms with Crippen molar-refractivity contribution in [3.05, 3.63) is 11.9 Å². The molecule has 6 heteroatoms. The molecule has 3 atom stereocenters. The van der Waals surface area contributed by atoms with Gasteiger partial charge < -0.3 is 15.1 Å². The second-order valence-corrected chi connectivity index (χ2v) is 6.02. The lowest BCUT2D eigenvalue weighted by Crippen LogP contribution is -2.46. The van der Waals surface area contributed by atoms with E-state index in [-0.39, 0.29) is 0 Å². The third kappa shape index (κ3) is 3.83. The molecule has 2 rings (SSSR count). The van der Waals surface area contributed by atoms with Crippen LogP contribution in [-0.2, 0) is 11.3 Å². The Hall–Kier alpha value is -1.40. The predicted octanol–water partition coefficient (Wildman–Crippen LogP) is 2.17. The molecule has 1 saturated heterocycles. The molecule has 3 unspecified atom stereocenters. The molecule has 1 aromatic rings. The molecule has 118 valence electrons. The average Bonchev–Trinajstić information content (AvgIpc) is 2.48. The second kappa shape index (κ2) is 7.04. The molecule has 3 N–H and O–H groups in total. The summed E-state index contributed by atoms with van der Waals surface area (Å²) >= 11 is 0. The van der Waals surface area contributed by atoms with Crippen molar-refractivity contribution in [3.63, 3.8) is 0 Å². The van der Waals surface area contributed by atoms with E-state index in [9.17, 15) is 0 Å². The standard InChI is InChI=1S/C15H27N5O/c1-5-21-9-14-17-13(19-16)7-15(18-14)20-8-10(2)6-11(3)12(20)4/h7,10-12H,5-6,8-9,16H2,1-4H3,(H,17,18,19). The molecular weight excluding hydrogens is 266 g/mol. The Bertz CT molecular complexity index is 467. The normalized spacial score (nSPS) is 26.0. The second-order valence-electron chi connectivity index (χ2n) is 6.02. The maximum Gasteiger partial charge on any atom is 0.158 e. The van der Waals surface area contributed by atoms with Crippen molar-refractivity contribution in [1.29, 1.82) is 0 Å². The summed E-state index contributed by atoms with van der Waals surface area (Å²) in [4.78, 5) is 11.4. The Kier molecular flexibility index (Phi) is 5.36. The number of nitrogens with two attached hydrogens (primary N) is 1. The zero-order valence-electron chi connectivity index (χ0n) is 13.5.